The number of para-hydroxylation sites is 4. The third-order valence-corrected chi connectivity index (χ3v) is 22.6. The molecule has 4 saturated heterocycles. The maximum atomic E-state index is 13.1. The lowest BCUT2D eigenvalue weighted by Gasteiger charge is -2.37. The van der Waals surface area contributed by atoms with E-state index in [1.165, 1.54) is 23.1 Å². The molecule has 0 bridgehead atoms. The second-order valence-corrected chi connectivity index (χ2v) is 29.9. The van der Waals surface area contributed by atoms with Crippen LogP contribution in [0.15, 0.2) is 204 Å². The van der Waals surface area contributed by atoms with E-state index in [-0.39, 0.29) is 76.8 Å². The van der Waals surface area contributed by atoms with Crippen molar-refractivity contribution in [3.8, 4) is 0 Å². The molecule has 12 heterocycles. The van der Waals surface area contributed by atoms with Crippen LogP contribution < -0.4 is 41.8 Å². The lowest BCUT2D eigenvalue weighted by Crippen LogP contribution is -2.49. The van der Waals surface area contributed by atoms with E-state index in [1.807, 2.05) is 120 Å². The summed E-state index contributed by atoms with van der Waals surface area (Å²) in [5.41, 5.74) is 6.58. The van der Waals surface area contributed by atoms with Crippen LogP contribution in [0.1, 0.15) is 95.7 Å². The van der Waals surface area contributed by atoms with E-state index < -0.39 is 23.9 Å². The Hall–Kier alpha value is -12.4. The number of anilines is 4. The van der Waals surface area contributed by atoms with Gasteiger partial charge in [-0.05, 0) is 93.7 Å². The molecule has 4 aliphatic rings. The first-order valence-corrected chi connectivity index (χ1v) is 40.8. The van der Waals surface area contributed by atoms with Crippen LogP contribution in [0.5, 0.6) is 0 Å². The van der Waals surface area contributed by atoms with Gasteiger partial charge in [0.1, 0.15) is 28.0 Å². The Morgan fingerprint density at radius 1 is 0.390 bits per heavy atom. The Labute approximate surface area is 686 Å². The summed E-state index contributed by atoms with van der Waals surface area (Å²) in [6.45, 7) is 21.7. The lowest BCUT2D eigenvalue weighted by molar-refractivity contribution is 0.0514. The topological polar surface area (TPSA) is 275 Å². The molecule has 8 aromatic heterocycles. The number of ether oxygens (including phenoxy) is 4. The molecule has 12 aromatic rings. The van der Waals surface area contributed by atoms with Gasteiger partial charge in [0.25, 0.3) is 28.1 Å². The van der Waals surface area contributed by atoms with E-state index in [1.54, 1.807) is 115 Å². The molecule has 0 unspecified atom stereocenters. The van der Waals surface area contributed by atoms with Crippen LogP contribution in [0.3, 0.4) is 0 Å². The Morgan fingerprint density at radius 2 is 0.754 bits per heavy atom. The van der Waals surface area contributed by atoms with Crippen LogP contribution >= 0.6 is 11.3 Å². The number of nitrogens with zero attached hydrogens (tertiary/aromatic N) is 13. The first kappa shape index (κ1) is 83.5. The second-order valence-electron chi connectivity index (χ2n) is 28.9. The lowest BCUT2D eigenvalue weighted by atomic mass is 10.1. The number of hydrogen-bond acceptors (Lipinski definition) is 24. The van der Waals surface area contributed by atoms with Crippen LogP contribution in [0.4, 0.5) is 22.7 Å². The summed E-state index contributed by atoms with van der Waals surface area (Å²) in [6, 6.07) is 44.2. The fourth-order valence-corrected chi connectivity index (χ4v) is 16.6. The van der Waals surface area contributed by atoms with Gasteiger partial charge >= 0.3 is 23.9 Å². The van der Waals surface area contributed by atoms with Crippen molar-refractivity contribution in [3.63, 3.8) is 0 Å². The minimum atomic E-state index is -0.627. The summed E-state index contributed by atoms with van der Waals surface area (Å²) in [7, 11) is 6.75. The predicted octanol–water partition coefficient (Wildman–Crippen LogP) is 10.4. The summed E-state index contributed by atoms with van der Waals surface area (Å²) < 4.78 is 37.6. The number of aromatic nitrogens is 5. The number of aryl methyl sites for hydroxylation is 4. The highest BCUT2D eigenvalue weighted by Crippen LogP contribution is 2.36. The van der Waals surface area contributed by atoms with Crippen LogP contribution in [0, 0.1) is 0 Å². The first-order valence-electron chi connectivity index (χ1n) is 39.9. The Morgan fingerprint density at radius 3 is 1.08 bits per heavy atom. The molecule has 1 amide bonds. The molecule has 4 aromatic carbocycles. The van der Waals surface area contributed by atoms with Crippen LogP contribution in [0.2, 0.25) is 0 Å². The zero-order valence-electron chi connectivity index (χ0n) is 67.9. The van der Waals surface area contributed by atoms with Gasteiger partial charge < -0.3 is 70.5 Å². The van der Waals surface area contributed by atoms with Gasteiger partial charge in [0, 0.05) is 190 Å². The van der Waals surface area contributed by atoms with Crippen LogP contribution in [-0.2, 0) is 66.8 Å². The maximum Gasteiger partial charge on any atom is 0.345 e. The SMILES string of the molecule is CCOC(=O)c1c(N2CCN(C(=O)c3cccnc3)CC2)c2ccccc2n(C)c1=O.CCOC(=O)c1c(N2CCN(Cc3ccco3)CC2)c2ccccc2n(C)c1=O.CCOC(=O)c1c(N2CCN(Cc3cccs3)CC2)c2ccccc2n(C)c1=O.CCOC(=O)c1c(N2CCN(Cc3ccoc3)CC2)c2ccccc2n(C)c1=O. The summed E-state index contributed by atoms with van der Waals surface area (Å²) >= 11 is 1.77. The molecule has 16 rings (SSSR count). The van der Waals surface area contributed by atoms with Crippen molar-refractivity contribution in [1.82, 2.24) is 42.9 Å². The van der Waals surface area contributed by atoms with E-state index in [0.29, 0.717) is 67.6 Å². The number of furan rings is 2. The smallest absolute Gasteiger partial charge is 0.345 e. The van der Waals surface area contributed by atoms with Crippen molar-refractivity contribution in [2.45, 2.75) is 47.3 Å². The third-order valence-electron chi connectivity index (χ3n) is 21.8. The molecule has 4 fully saturated rings. The van der Waals surface area contributed by atoms with E-state index in [2.05, 4.69) is 51.9 Å². The van der Waals surface area contributed by atoms with Crippen LogP contribution in [-0.4, -0.2) is 204 Å². The monoisotopic (exact) mass is 1620 g/mol. The van der Waals surface area contributed by atoms with Gasteiger partial charge in [-0.15, -0.1) is 11.3 Å². The molecule has 0 radical (unpaired) electrons. The molecule has 4 aliphatic heterocycles. The van der Waals surface area contributed by atoms with E-state index in [4.69, 9.17) is 27.8 Å². The van der Waals surface area contributed by atoms with Gasteiger partial charge in [-0.25, -0.2) is 19.2 Å². The highest BCUT2D eigenvalue weighted by Gasteiger charge is 2.35. The Kier molecular flexibility index (Phi) is 27.3. The fourth-order valence-electron chi connectivity index (χ4n) is 15.9. The number of rotatable bonds is 19. The van der Waals surface area contributed by atoms with E-state index in [0.717, 1.165) is 140 Å². The number of thiophene rings is 1. The average Bonchev–Trinajstić information content (AvgIpc) is 1.74. The van der Waals surface area contributed by atoms with E-state index >= 15 is 0 Å². The number of piperazine rings is 4. The van der Waals surface area contributed by atoms with Crippen molar-refractivity contribution in [2.24, 2.45) is 28.2 Å². The van der Waals surface area contributed by atoms with Crippen LogP contribution in [0.25, 0.3) is 43.6 Å². The first-order chi connectivity index (χ1) is 57.3. The van der Waals surface area contributed by atoms with Crippen molar-refractivity contribution < 1.29 is 51.8 Å². The standard InChI is InChI=1S/C23H24N4O4.2C22H25N3O4.C22H25N3O3S/c1-3-31-23(30)19-20(17-8-4-5-9-18(17)25(2)22(19)29)26-11-13-27(14-12-26)21(28)16-7-6-10-24-15-16;1-3-28-22(27)19-20(17-8-4-5-9-18(17)23(2)21(19)26)25-12-10-24(11-13-25)15-16-7-6-14-29-16;1-3-29-22(27)19-20(17-6-4-5-7-18(17)23(2)21(19)26)25-11-9-24(10-12-25)14-16-8-13-28-15-16;1-3-28-22(27)19-20(17-8-4-5-9-18(17)23(2)21(19)26)25-12-10-24(11-13-25)15-16-7-6-14-29-16/h4-10,15H,3,11-14H2,1-2H3;4-9,14H,3,10-13,15H2,1-2H3;4-8,13,15H,3,9-12,14H2,1-2H3;4-9,14H,3,10-13,15H2,1-2H3. The molecule has 0 spiro atoms. The zero-order valence-corrected chi connectivity index (χ0v) is 68.7. The number of esters is 4. The molecule has 616 valence electrons. The molecule has 29 heteroatoms. The second kappa shape index (κ2) is 38.5. The molecular formula is C89H99N13O15S. The third kappa shape index (κ3) is 18.2. The molecule has 0 saturated carbocycles. The van der Waals surface area contributed by atoms with Gasteiger partial charge in [-0.1, -0.05) is 78.9 Å². The van der Waals surface area contributed by atoms with Crippen molar-refractivity contribution in [2.75, 3.05) is 151 Å². The number of carbonyl (C=O) groups is 5. The maximum absolute atomic E-state index is 13.1. The summed E-state index contributed by atoms with van der Waals surface area (Å²) in [6.07, 6.45) is 8.32. The van der Waals surface area contributed by atoms with Gasteiger partial charge in [-0.3, -0.25) is 43.7 Å². The van der Waals surface area contributed by atoms with Crippen molar-refractivity contribution >= 4 is 107 Å². The summed E-state index contributed by atoms with van der Waals surface area (Å²) in [5.74, 6) is -1.44. The number of benzene rings is 4. The fraction of sp³-hybridized carbons (Fsp3) is 0.348. The number of pyridine rings is 5. The molecular weight excluding hydrogens is 1520 g/mol. The largest absolute Gasteiger partial charge is 0.472 e. The molecule has 118 heavy (non-hydrogen) atoms. The molecule has 0 N–H and O–H groups in total. The Bertz CT molecular complexity index is 5380. The van der Waals surface area contributed by atoms with Crippen molar-refractivity contribution in [3.05, 3.63) is 262 Å². The average molecular weight is 1620 g/mol. The number of amides is 1. The predicted molar refractivity (Wildman–Crippen MR) is 457 cm³/mol. The zero-order chi connectivity index (χ0) is 83.1. The van der Waals surface area contributed by atoms with Gasteiger partial charge in [0.2, 0.25) is 0 Å². The highest BCUT2D eigenvalue weighted by atomic mass is 32.1. The quantitative estimate of drug-likeness (QED) is 0.0537. The number of fused-ring (bicyclic) bond motifs is 4. The summed E-state index contributed by atoms with van der Waals surface area (Å²) in [4.78, 5) is 139. The minimum Gasteiger partial charge on any atom is -0.472 e. The van der Waals surface area contributed by atoms with Crippen molar-refractivity contribution in [1.29, 1.82) is 0 Å². The van der Waals surface area contributed by atoms with E-state index in [9.17, 15) is 43.2 Å². The summed E-state index contributed by atoms with van der Waals surface area (Å²) in [5, 5.41) is 5.59. The van der Waals surface area contributed by atoms with Gasteiger partial charge in [0.15, 0.2) is 0 Å². The number of hydrogen-bond donors (Lipinski definition) is 0. The van der Waals surface area contributed by atoms with Gasteiger partial charge in [0.05, 0.1) is 102 Å². The normalized spacial score (nSPS) is 14.8. The molecule has 0 atom stereocenters. The Balaban J connectivity index is 0.000000136. The molecule has 0 aliphatic carbocycles. The minimum absolute atomic E-state index is 0.0371. The highest BCUT2D eigenvalue weighted by molar-refractivity contribution is 7.09. The molecule has 28 nitrogen and oxygen atoms in total. The number of carbonyl (C=O) groups excluding carboxylic acids is 5. The van der Waals surface area contributed by atoms with Gasteiger partial charge in [-0.2, -0.15) is 0 Å².